The Bertz CT molecular complexity index is 1240. The molecule has 2 unspecified atom stereocenters. The molecule has 4 nitrogen and oxygen atoms in total. The van der Waals surface area contributed by atoms with Crippen molar-refractivity contribution in [3.63, 3.8) is 0 Å². The van der Waals surface area contributed by atoms with Crippen LogP contribution >= 0.6 is 0 Å². The maximum Gasteiger partial charge on any atom is 0.225 e. The molecule has 3 aliphatic carbocycles. The number of rotatable bonds is 7. The molecule has 2 N–H and O–H groups in total. The maximum atomic E-state index is 6.43. The summed E-state index contributed by atoms with van der Waals surface area (Å²) < 4.78 is 6.40. The van der Waals surface area contributed by atoms with Crippen molar-refractivity contribution in [2.45, 2.75) is 56.1 Å². The predicted molar refractivity (Wildman–Crippen MR) is 140 cm³/mol. The Labute approximate surface area is 208 Å². The first kappa shape index (κ1) is 22.3. The molecule has 0 radical (unpaired) electrons. The molecule has 176 valence electrons. The first-order valence-corrected chi connectivity index (χ1v) is 12.8. The van der Waals surface area contributed by atoms with Crippen LogP contribution in [0.2, 0.25) is 0 Å². The van der Waals surface area contributed by atoms with Crippen molar-refractivity contribution >= 4 is 0 Å². The van der Waals surface area contributed by atoms with Gasteiger partial charge in [0.1, 0.15) is 6.42 Å². The van der Waals surface area contributed by atoms with Crippen LogP contribution in [0.25, 0.3) is 11.3 Å². The monoisotopic (exact) mass is 462 g/mol. The van der Waals surface area contributed by atoms with Crippen molar-refractivity contribution in [1.82, 2.24) is 9.97 Å². The Hall–Kier alpha value is -3.21. The molecule has 1 aromatic carbocycles. The van der Waals surface area contributed by atoms with Gasteiger partial charge in [0.05, 0.1) is 24.4 Å². The van der Waals surface area contributed by atoms with Gasteiger partial charge in [-0.15, -0.1) is 0 Å². The molecule has 0 saturated heterocycles. The lowest BCUT2D eigenvalue weighted by atomic mass is 9.84. The molecule has 0 spiro atoms. The van der Waals surface area contributed by atoms with Crippen LogP contribution in [0.15, 0.2) is 79.2 Å². The van der Waals surface area contributed by atoms with Gasteiger partial charge in [-0.3, -0.25) is 9.97 Å². The molecular formula is C31H32N3O+. The molecule has 6 rings (SSSR count). The van der Waals surface area contributed by atoms with Crippen molar-refractivity contribution in [1.29, 1.82) is 0 Å². The summed E-state index contributed by atoms with van der Waals surface area (Å²) in [6, 6.07) is 15.3. The molecule has 3 aromatic rings. The SMILES string of the molecule is NC1(c2ccc(-c3nc4c(cc3C3C=CC=CC3)C(OCCc3ccncc3)[CH+]CC4)cc2)CC1. The number of pyridine rings is 2. The average Bonchev–Trinajstić information content (AvgIpc) is 3.68. The summed E-state index contributed by atoms with van der Waals surface area (Å²) in [4.78, 5) is 9.39. The minimum absolute atomic E-state index is 0.0154. The molecule has 2 atom stereocenters. The number of hydrogen-bond donors (Lipinski definition) is 1. The average molecular weight is 463 g/mol. The quantitative estimate of drug-likeness (QED) is 0.428. The number of ether oxygens (including phenoxy) is 1. The van der Waals surface area contributed by atoms with Crippen LogP contribution < -0.4 is 5.73 Å². The van der Waals surface area contributed by atoms with Crippen LogP contribution in [-0.2, 0) is 23.1 Å². The zero-order chi connectivity index (χ0) is 23.7. The minimum Gasteiger partial charge on any atom is -0.333 e. The fraction of sp³-hybridized carbons (Fsp3) is 0.323. The Balaban J connectivity index is 1.31. The van der Waals surface area contributed by atoms with Gasteiger partial charge in [0.25, 0.3) is 0 Å². The van der Waals surface area contributed by atoms with Crippen molar-refractivity contribution in [3.8, 4) is 11.3 Å². The third kappa shape index (κ3) is 4.69. The second kappa shape index (κ2) is 9.44. The number of nitrogens with two attached hydrogens (primary N) is 1. The summed E-state index contributed by atoms with van der Waals surface area (Å²) in [6.07, 6.45) is 20.8. The lowest BCUT2D eigenvalue weighted by molar-refractivity contribution is 0.0707. The van der Waals surface area contributed by atoms with E-state index in [0.717, 1.165) is 49.9 Å². The van der Waals surface area contributed by atoms with E-state index in [-0.39, 0.29) is 11.6 Å². The third-order valence-electron chi connectivity index (χ3n) is 7.57. The molecule has 4 heteroatoms. The van der Waals surface area contributed by atoms with Gasteiger partial charge in [-0.2, -0.15) is 0 Å². The van der Waals surface area contributed by atoms with Gasteiger partial charge in [0, 0.05) is 41.4 Å². The predicted octanol–water partition coefficient (Wildman–Crippen LogP) is 6.14. The highest BCUT2D eigenvalue weighted by Crippen LogP contribution is 2.44. The number of hydrogen-bond acceptors (Lipinski definition) is 4. The highest BCUT2D eigenvalue weighted by Gasteiger charge is 2.40. The van der Waals surface area contributed by atoms with Gasteiger partial charge in [0.15, 0.2) is 0 Å². The fourth-order valence-corrected chi connectivity index (χ4v) is 5.25. The lowest BCUT2D eigenvalue weighted by Gasteiger charge is -2.24. The Morgan fingerprint density at radius 2 is 1.86 bits per heavy atom. The fourth-order valence-electron chi connectivity index (χ4n) is 5.25. The van der Waals surface area contributed by atoms with Gasteiger partial charge in [-0.1, -0.05) is 48.6 Å². The van der Waals surface area contributed by atoms with E-state index in [2.05, 4.69) is 78.2 Å². The first-order chi connectivity index (χ1) is 17.2. The topological polar surface area (TPSA) is 61.0 Å². The summed E-state index contributed by atoms with van der Waals surface area (Å²) in [7, 11) is 0. The molecule has 2 aromatic heterocycles. The Kier molecular flexibility index (Phi) is 6.01. The second-order valence-corrected chi connectivity index (χ2v) is 10.0. The van der Waals surface area contributed by atoms with E-state index in [1.807, 2.05) is 12.4 Å². The van der Waals surface area contributed by atoms with Crippen LogP contribution in [0.4, 0.5) is 0 Å². The van der Waals surface area contributed by atoms with Gasteiger partial charge in [-0.05, 0) is 60.6 Å². The Morgan fingerprint density at radius 3 is 2.60 bits per heavy atom. The van der Waals surface area contributed by atoms with Crippen molar-refractivity contribution in [2.75, 3.05) is 6.61 Å². The van der Waals surface area contributed by atoms with E-state index >= 15 is 0 Å². The summed E-state index contributed by atoms with van der Waals surface area (Å²) in [6.45, 7) is 0.677. The van der Waals surface area contributed by atoms with Gasteiger partial charge in [-0.25, -0.2) is 0 Å². The molecule has 35 heavy (non-hydrogen) atoms. The molecular weight excluding hydrogens is 430 g/mol. The zero-order valence-electron chi connectivity index (χ0n) is 20.1. The van der Waals surface area contributed by atoms with E-state index in [0.29, 0.717) is 12.5 Å². The van der Waals surface area contributed by atoms with Crippen LogP contribution in [-0.4, -0.2) is 16.6 Å². The molecule has 0 amide bonds. The maximum absolute atomic E-state index is 6.43. The normalized spacial score (nSPS) is 21.9. The molecule has 0 bridgehead atoms. The molecule has 0 aliphatic heterocycles. The van der Waals surface area contributed by atoms with Crippen molar-refractivity contribution in [3.05, 3.63) is 114 Å². The number of benzene rings is 1. The van der Waals surface area contributed by atoms with Gasteiger partial charge in [0.2, 0.25) is 6.10 Å². The smallest absolute Gasteiger partial charge is 0.225 e. The van der Waals surface area contributed by atoms with Crippen LogP contribution in [0.1, 0.15) is 65.7 Å². The highest BCUT2D eigenvalue weighted by molar-refractivity contribution is 5.67. The summed E-state index contributed by atoms with van der Waals surface area (Å²) >= 11 is 0. The first-order valence-electron chi connectivity index (χ1n) is 12.8. The Morgan fingerprint density at radius 1 is 1.03 bits per heavy atom. The number of aryl methyl sites for hydroxylation is 1. The molecule has 1 fully saturated rings. The number of allylic oxidation sites excluding steroid dienone is 4. The standard InChI is InChI=1S/C31H32N3O/c32-31(16-17-31)25-11-9-24(10-12-25)30-26(23-5-2-1-3-6-23)21-27-28(34-30)7-4-8-29(27)35-20-15-22-13-18-33-19-14-22/h1-3,5,8-14,18-19,21,23,29H,4,6-7,15-17,20,32H2/q+1. The molecule has 2 heterocycles. The highest BCUT2D eigenvalue weighted by atomic mass is 16.5. The minimum atomic E-state index is -0.113. The van der Waals surface area contributed by atoms with Crippen molar-refractivity contribution in [2.24, 2.45) is 5.73 Å². The summed E-state index contributed by atoms with van der Waals surface area (Å²) in [5.74, 6) is 0.316. The van der Waals surface area contributed by atoms with Crippen LogP contribution in [0, 0.1) is 6.42 Å². The number of nitrogens with zero attached hydrogens (tertiary/aromatic N) is 2. The second-order valence-electron chi connectivity index (χ2n) is 10.0. The number of fused-ring (bicyclic) bond motifs is 1. The third-order valence-corrected chi connectivity index (χ3v) is 7.57. The van der Waals surface area contributed by atoms with E-state index in [9.17, 15) is 0 Å². The van der Waals surface area contributed by atoms with Crippen molar-refractivity contribution < 1.29 is 4.74 Å². The van der Waals surface area contributed by atoms with Gasteiger partial charge < -0.3 is 10.5 Å². The molecule has 1 saturated carbocycles. The largest absolute Gasteiger partial charge is 0.333 e. The summed E-state index contributed by atoms with van der Waals surface area (Å²) in [5.41, 5.74) is 14.7. The molecule has 3 aliphatic rings. The van der Waals surface area contributed by atoms with Crippen LogP contribution in [0.3, 0.4) is 0 Å². The van der Waals surface area contributed by atoms with Gasteiger partial charge >= 0.3 is 0 Å². The lowest BCUT2D eigenvalue weighted by Crippen LogP contribution is -2.19. The van der Waals surface area contributed by atoms with Crippen LogP contribution in [0.5, 0.6) is 0 Å². The number of aromatic nitrogens is 2. The van der Waals surface area contributed by atoms with E-state index < -0.39 is 0 Å². The zero-order valence-corrected chi connectivity index (χ0v) is 20.1. The summed E-state index contributed by atoms with van der Waals surface area (Å²) in [5, 5.41) is 0. The van der Waals surface area contributed by atoms with E-state index in [1.54, 1.807) is 0 Å². The van der Waals surface area contributed by atoms with E-state index in [4.69, 9.17) is 15.5 Å². The van der Waals surface area contributed by atoms with E-state index in [1.165, 1.54) is 27.8 Å².